The third kappa shape index (κ3) is 3.37. The van der Waals surface area contributed by atoms with Crippen LogP contribution in [0.5, 0.6) is 23.0 Å². The summed E-state index contributed by atoms with van der Waals surface area (Å²) < 4.78 is 24.8. The molecule has 3 aliphatic rings. The third-order valence-electron chi connectivity index (χ3n) is 6.41. The van der Waals surface area contributed by atoms with E-state index in [1.165, 1.54) is 0 Å². The molecule has 2 aromatic rings. The third-order valence-corrected chi connectivity index (χ3v) is 6.41. The normalized spacial score (nSPS) is 22.7. The first-order valence-electron chi connectivity index (χ1n) is 10.9. The Bertz CT molecular complexity index is 1020. The summed E-state index contributed by atoms with van der Waals surface area (Å²) in [7, 11) is 3.33. The van der Waals surface area contributed by atoms with E-state index in [1.54, 1.807) is 14.2 Å². The van der Waals surface area contributed by atoms with Crippen LogP contribution in [0.1, 0.15) is 31.2 Å². The van der Waals surface area contributed by atoms with Gasteiger partial charge in [-0.25, -0.2) is 9.48 Å². The van der Waals surface area contributed by atoms with Crippen LogP contribution in [-0.4, -0.2) is 56.0 Å². The minimum Gasteiger partial charge on any atom is -0.497 e. The molecule has 0 radical (unpaired) electrons. The van der Waals surface area contributed by atoms with Crippen LogP contribution < -0.4 is 23.8 Å². The van der Waals surface area contributed by atoms with Crippen LogP contribution in [0, 0.1) is 0 Å². The van der Waals surface area contributed by atoms with Crippen LogP contribution in [-0.2, 0) is 5.72 Å². The summed E-state index contributed by atoms with van der Waals surface area (Å²) in [4.78, 5) is 2.18. The highest BCUT2D eigenvalue weighted by atomic mass is 16.6. The molecule has 0 fully saturated rings. The van der Waals surface area contributed by atoms with E-state index in [-0.39, 0.29) is 0 Å². The van der Waals surface area contributed by atoms with E-state index in [0.717, 1.165) is 66.6 Å². The highest BCUT2D eigenvalue weighted by Gasteiger charge is 2.53. The molecule has 0 saturated carbocycles. The highest BCUT2D eigenvalue weighted by molar-refractivity contribution is 5.97. The van der Waals surface area contributed by atoms with Gasteiger partial charge in [0.05, 0.1) is 20.8 Å². The molecule has 3 aliphatic heterocycles. The summed E-state index contributed by atoms with van der Waals surface area (Å²) in [5, 5.41) is 12.1. The molecule has 5 rings (SSSR count). The van der Waals surface area contributed by atoms with Gasteiger partial charge in [-0.05, 0) is 49.6 Å². The van der Waals surface area contributed by atoms with Gasteiger partial charge in [0.15, 0.2) is 29.5 Å². The smallest absolute Gasteiger partial charge is 0.271 e. The van der Waals surface area contributed by atoms with Crippen LogP contribution in [0.15, 0.2) is 36.4 Å². The van der Waals surface area contributed by atoms with E-state index in [2.05, 4.69) is 9.48 Å². The number of ether oxygens (including phenoxy) is 4. The monoisotopic (exact) mass is 425 g/mol. The molecule has 164 valence electrons. The molecular weight excluding hydrogens is 396 g/mol. The minimum absolute atomic E-state index is 0.394. The van der Waals surface area contributed by atoms with Crippen molar-refractivity contribution in [1.82, 2.24) is 0 Å². The van der Waals surface area contributed by atoms with E-state index in [9.17, 15) is 5.11 Å². The number of amidine groups is 1. The maximum atomic E-state index is 12.1. The van der Waals surface area contributed by atoms with Crippen LogP contribution in [0.2, 0.25) is 0 Å². The van der Waals surface area contributed by atoms with Gasteiger partial charge < -0.3 is 24.1 Å². The van der Waals surface area contributed by atoms with Gasteiger partial charge in [-0.2, -0.15) is 0 Å². The van der Waals surface area contributed by atoms with Crippen molar-refractivity contribution < 1.29 is 28.6 Å². The Labute approximate surface area is 182 Å². The van der Waals surface area contributed by atoms with Gasteiger partial charge in [0, 0.05) is 18.1 Å². The Hall–Kier alpha value is -2.93. The highest BCUT2D eigenvalue weighted by Crippen LogP contribution is 2.42. The molecule has 1 unspecified atom stereocenters. The number of hydrogen-bond acceptors (Lipinski definition) is 6. The summed E-state index contributed by atoms with van der Waals surface area (Å²) in [6, 6.07) is 11.5. The lowest BCUT2D eigenvalue weighted by molar-refractivity contribution is -0.658. The molecule has 0 bridgehead atoms. The SMILES string of the molecule is COc1ccc(OC)c(N2CC(O)(c3ccc4c(c3)OCCO4)[N+]3=C2CCCCC3)c1. The average Bonchev–Trinajstić information content (AvgIpc) is 2.96. The van der Waals surface area contributed by atoms with Crippen molar-refractivity contribution in [3.05, 3.63) is 42.0 Å². The number of anilines is 1. The first kappa shape index (κ1) is 20.0. The molecule has 3 heterocycles. The molecule has 0 amide bonds. The lowest BCUT2D eigenvalue weighted by Crippen LogP contribution is -2.41. The first-order valence-corrected chi connectivity index (χ1v) is 10.9. The van der Waals surface area contributed by atoms with E-state index >= 15 is 0 Å². The average molecular weight is 426 g/mol. The number of nitrogens with zero attached hydrogens (tertiary/aromatic N) is 2. The van der Waals surface area contributed by atoms with Gasteiger partial charge in [-0.15, -0.1) is 0 Å². The van der Waals surface area contributed by atoms with Crippen molar-refractivity contribution in [3.63, 3.8) is 0 Å². The summed E-state index contributed by atoms with van der Waals surface area (Å²) in [5.41, 5.74) is 0.529. The van der Waals surface area contributed by atoms with Gasteiger partial charge in [0.25, 0.3) is 11.6 Å². The molecule has 1 N–H and O–H groups in total. The molecule has 31 heavy (non-hydrogen) atoms. The van der Waals surface area contributed by atoms with Crippen LogP contribution in [0.3, 0.4) is 0 Å². The van der Waals surface area contributed by atoms with Gasteiger partial charge in [-0.3, -0.25) is 0 Å². The molecule has 7 nitrogen and oxygen atoms in total. The Morgan fingerprint density at radius 2 is 1.81 bits per heavy atom. The Morgan fingerprint density at radius 3 is 2.61 bits per heavy atom. The number of benzene rings is 2. The largest absolute Gasteiger partial charge is 0.497 e. The minimum atomic E-state index is -1.18. The maximum absolute atomic E-state index is 12.1. The molecule has 0 saturated heterocycles. The number of aliphatic hydroxyl groups is 1. The number of rotatable bonds is 4. The van der Waals surface area contributed by atoms with Crippen molar-refractivity contribution in [2.24, 2.45) is 0 Å². The van der Waals surface area contributed by atoms with Crippen molar-refractivity contribution in [3.8, 4) is 23.0 Å². The van der Waals surface area contributed by atoms with Crippen LogP contribution in [0.4, 0.5) is 5.69 Å². The summed E-state index contributed by atoms with van der Waals surface area (Å²) >= 11 is 0. The van der Waals surface area contributed by atoms with E-state index in [4.69, 9.17) is 18.9 Å². The summed E-state index contributed by atoms with van der Waals surface area (Å²) in [6.07, 6.45) is 4.17. The predicted octanol–water partition coefficient (Wildman–Crippen LogP) is 3.13. The second kappa shape index (κ2) is 7.96. The van der Waals surface area contributed by atoms with Crippen LogP contribution in [0.25, 0.3) is 0 Å². The van der Waals surface area contributed by atoms with Crippen molar-refractivity contribution >= 4 is 11.5 Å². The number of methoxy groups -OCH3 is 2. The topological polar surface area (TPSA) is 63.4 Å². The number of β-amino-alcohol motifs (C(OH)–C–C–N with tert-alkyl or cyclic N) is 1. The molecular formula is C24H29N2O5+. The molecule has 2 aromatic carbocycles. The maximum Gasteiger partial charge on any atom is 0.271 e. The molecule has 0 aliphatic carbocycles. The van der Waals surface area contributed by atoms with Crippen LogP contribution >= 0.6 is 0 Å². The Balaban J connectivity index is 1.61. The van der Waals surface area contributed by atoms with E-state index in [1.807, 2.05) is 36.4 Å². The fourth-order valence-corrected chi connectivity index (χ4v) is 4.84. The van der Waals surface area contributed by atoms with Crippen molar-refractivity contribution in [2.75, 3.05) is 45.4 Å². The zero-order valence-corrected chi connectivity index (χ0v) is 18.1. The summed E-state index contributed by atoms with van der Waals surface area (Å²) in [6.45, 7) is 2.25. The van der Waals surface area contributed by atoms with Gasteiger partial charge in [0.2, 0.25) is 0 Å². The lowest BCUT2D eigenvalue weighted by atomic mass is 10.0. The lowest BCUT2D eigenvalue weighted by Gasteiger charge is -2.26. The number of fused-ring (bicyclic) bond motifs is 1. The van der Waals surface area contributed by atoms with Crippen molar-refractivity contribution in [2.45, 2.75) is 31.4 Å². The Morgan fingerprint density at radius 1 is 0.968 bits per heavy atom. The van der Waals surface area contributed by atoms with Gasteiger partial charge in [0.1, 0.15) is 19.0 Å². The zero-order valence-electron chi connectivity index (χ0n) is 18.1. The molecule has 0 spiro atoms. The van der Waals surface area contributed by atoms with Gasteiger partial charge in [-0.1, -0.05) is 0 Å². The van der Waals surface area contributed by atoms with E-state index < -0.39 is 5.72 Å². The quantitative estimate of drug-likeness (QED) is 0.760. The first-order chi connectivity index (χ1) is 15.1. The van der Waals surface area contributed by atoms with Crippen molar-refractivity contribution in [1.29, 1.82) is 0 Å². The molecule has 0 aromatic heterocycles. The van der Waals surface area contributed by atoms with E-state index in [0.29, 0.717) is 25.5 Å². The standard InChI is InChI=1S/C24H29N2O5/c1-28-18-8-10-20(29-2)19(15-18)25-16-24(27,26-11-5-3-4-6-23(25)26)17-7-9-21-22(14-17)31-13-12-30-21/h7-10,14-15,27H,3-6,11-13,16H2,1-2H3/q+1. The van der Waals surface area contributed by atoms with Gasteiger partial charge >= 0.3 is 0 Å². The number of hydrogen-bond donors (Lipinski definition) is 1. The second-order valence-corrected chi connectivity index (χ2v) is 8.18. The fourth-order valence-electron chi connectivity index (χ4n) is 4.84. The molecule has 7 heteroatoms. The summed E-state index contributed by atoms with van der Waals surface area (Å²) in [5.74, 6) is 4.03. The fraction of sp³-hybridized carbons (Fsp3) is 0.458. The predicted molar refractivity (Wildman–Crippen MR) is 117 cm³/mol. The Kier molecular flexibility index (Phi) is 5.14. The molecule has 1 atom stereocenters. The second-order valence-electron chi connectivity index (χ2n) is 8.18. The zero-order chi connectivity index (χ0) is 21.4.